The number of nitrogen functional groups attached to an aromatic ring is 1. The lowest BCUT2D eigenvalue weighted by atomic mass is 10.2. The molecule has 0 bridgehead atoms. The molecule has 1 aromatic carbocycles. The predicted octanol–water partition coefficient (Wildman–Crippen LogP) is 2.61. The summed E-state index contributed by atoms with van der Waals surface area (Å²) in [4.78, 5) is 0. The van der Waals surface area contributed by atoms with Gasteiger partial charge in [0.05, 0.1) is 23.5 Å². The van der Waals surface area contributed by atoms with Crippen LogP contribution in [0.5, 0.6) is 0 Å². The van der Waals surface area contributed by atoms with Crippen molar-refractivity contribution in [1.29, 1.82) is 0 Å². The normalized spacial score (nSPS) is 10.7. The van der Waals surface area contributed by atoms with Crippen LogP contribution in [0.3, 0.4) is 0 Å². The molecule has 0 aliphatic rings. The number of hydrogen-bond donors (Lipinski definition) is 1. The van der Waals surface area contributed by atoms with Gasteiger partial charge in [-0.05, 0) is 30.7 Å². The molecular weight excluding hydrogens is 229 g/mol. The van der Waals surface area contributed by atoms with Gasteiger partial charge in [-0.25, -0.2) is 4.39 Å². The molecule has 16 heavy (non-hydrogen) atoms. The van der Waals surface area contributed by atoms with Gasteiger partial charge in [-0.2, -0.15) is 5.10 Å². The topological polar surface area (TPSA) is 43.8 Å². The van der Waals surface area contributed by atoms with Crippen molar-refractivity contribution in [2.75, 3.05) is 5.73 Å². The molecule has 0 aliphatic heterocycles. The number of benzene rings is 1. The first-order valence-corrected chi connectivity index (χ1v) is 5.17. The molecule has 2 N–H and O–H groups in total. The number of nitrogens with zero attached hydrogens (tertiary/aromatic N) is 2. The van der Waals surface area contributed by atoms with Crippen LogP contribution in [-0.4, -0.2) is 9.78 Å². The highest BCUT2D eigenvalue weighted by atomic mass is 35.5. The van der Waals surface area contributed by atoms with Crippen LogP contribution in [0.25, 0.3) is 0 Å². The molecule has 0 saturated heterocycles. The van der Waals surface area contributed by atoms with Crippen LogP contribution in [0.1, 0.15) is 11.3 Å². The van der Waals surface area contributed by atoms with E-state index in [0.717, 1.165) is 11.3 Å². The van der Waals surface area contributed by atoms with Crippen LogP contribution in [0, 0.1) is 12.7 Å². The van der Waals surface area contributed by atoms with Gasteiger partial charge in [0.15, 0.2) is 0 Å². The third kappa shape index (κ3) is 2.17. The monoisotopic (exact) mass is 239 g/mol. The van der Waals surface area contributed by atoms with Crippen molar-refractivity contribution >= 4 is 17.3 Å². The molecule has 5 heteroatoms. The fourth-order valence-corrected chi connectivity index (χ4v) is 1.66. The number of rotatable bonds is 2. The molecule has 1 aromatic heterocycles. The summed E-state index contributed by atoms with van der Waals surface area (Å²) in [5.41, 5.74) is 7.58. The van der Waals surface area contributed by atoms with Gasteiger partial charge in [0.1, 0.15) is 5.82 Å². The molecular formula is C11H11ClFN3. The van der Waals surface area contributed by atoms with E-state index in [2.05, 4.69) is 5.10 Å². The molecule has 0 aliphatic carbocycles. The van der Waals surface area contributed by atoms with Crippen LogP contribution in [0.2, 0.25) is 5.02 Å². The number of hydrogen-bond acceptors (Lipinski definition) is 2. The van der Waals surface area contributed by atoms with Crippen LogP contribution in [0.4, 0.5) is 10.1 Å². The molecule has 0 unspecified atom stereocenters. The van der Waals surface area contributed by atoms with E-state index in [1.807, 2.05) is 6.92 Å². The Morgan fingerprint density at radius 3 is 2.75 bits per heavy atom. The van der Waals surface area contributed by atoms with Crippen molar-refractivity contribution in [3.63, 3.8) is 0 Å². The average molecular weight is 240 g/mol. The van der Waals surface area contributed by atoms with Gasteiger partial charge in [-0.3, -0.25) is 4.68 Å². The number of aromatic nitrogens is 2. The molecule has 84 valence electrons. The maximum Gasteiger partial charge on any atom is 0.125 e. The van der Waals surface area contributed by atoms with Gasteiger partial charge < -0.3 is 5.73 Å². The summed E-state index contributed by atoms with van der Waals surface area (Å²) in [6, 6.07) is 4.44. The SMILES string of the molecule is Cc1c(Cl)cnn1Cc1cc(N)cc(F)c1. The molecule has 0 fully saturated rings. The Kier molecular flexibility index (Phi) is 2.83. The quantitative estimate of drug-likeness (QED) is 0.819. The number of anilines is 1. The van der Waals surface area contributed by atoms with E-state index in [1.165, 1.54) is 12.1 Å². The van der Waals surface area contributed by atoms with Crippen molar-refractivity contribution in [3.8, 4) is 0 Å². The van der Waals surface area contributed by atoms with Gasteiger partial charge >= 0.3 is 0 Å². The summed E-state index contributed by atoms with van der Waals surface area (Å²) < 4.78 is 14.8. The minimum absolute atomic E-state index is 0.342. The summed E-state index contributed by atoms with van der Waals surface area (Å²) in [5, 5.41) is 4.69. The standard InChI is InChI=1S/C11H11ClFN3/c1-7-11(12)5-15-16(7)6-8-2-9(13)4-10(14)3-8/h2-5H,6,14H2,1H3. The van der Waals surface area contributed by atoms with Crippen molar-refractivity contribution in [2.24, 2.45) is 0 Å². The lowest BCUT2D eigenvalue weighted by Crippen LogP contribution is -2.04. The van der Waals surface area contributed by atoms with E-state index >= 15 is 0 Å². The predicted molar refractivity (Wildman–Crippen MR) is 61.9 cm³/mol. The highest BCUT2D eigenvalue weighted by Gasteiger charge is 2.05. The molecule has 2 rings (SSSR count). The summed E-state index contributed by atoms with van der Waals surface area (Å²) in [7, 11) is 0. The van der Waals surface area contributed by atoms with Crippen LogP contribution in [-0.2, 0) is 6.54 Å². The second-order valence-electron chi connectivity index (χ2n) is 3.63. The van der Waals surface area contributed by atoms with E-state index in [0.29, 0.717) is 17.3 Å². The summed E-state index contributed by atoms with van der Waals surface area (Å²) in [5.74, 6) is -0.342. The van der Waals surface area contributed by atoms with E-state index in [4.69, 9.17) is 17.3 Å². The Labute approximate surface area is 97.6 Å². The molecule has 0 radical (unpaired) electrons. The van der Waals surface area contributed by atoms with Crippen molar-refractivity contribution in [1.82, 2.24) is 9.78 Å². The van der Waals surface area contributed by atoms with E-state index in [9.17, 15) is 4.39 Å². The van der Waals surface area contributed by atoms with Crippen molar-refractivity contribution in [2.45, 2.75) is 13.5 Å². The minimum atomic E-state index is -0.342. The summed E-state index contributed by atoms with van der Waals surface area (Å²) >= 11 is 5.88. The smallest absolute Gasteiger partial charge is 0.125 e. The number of nitrogens with two attached hydrogens (primary N) is 1. The highest BCUT2D eigenvalue weighted by molar-refractivity contribution is 6.31. The second kappa shape index (κ2) is 4.14. The third-order valence-corrected chi connectivity index (χ3v) is 2.73. The van der Waals surface area contributed by atoms with Gasteiger partial charge in [-0.15, -0.1) is 0 Å². The molecule has 1 heterocycles. The largest absolute Gasteiger partial charge is 0.399 e. The minimum Gasteiger partial charge on any atom is -0.399 e. The Morgan fingerprint density at radius 1 is 1.44 bits per heavy atom. The maximum atomic E-state index is 13.1. The molecule has 0 amide bonds. The molecule has 2 aromatic rings. The summed E-state index contributed by atoms with van der Waals surface area (Å²) in [6.45, 7) is 2.32. The first kappa shape index (κ1) is 11.0. The second-order valence-corrected chi connectivity index (χ2v) is 4.04. The molecule has 0 saturated carbocycles. The fraction of sp³-hybridized carbons (Fsp3) is 0.182. The maximum absolute atomic E-state index is 13.1. The van der Waals surface area contributed by atoms with Crippen LogP contribution in [0.15, 0.2) is 24.4 Å². The van der Waals surface area contributed by atoms with Crippen molar-refractivity contribution in [3.05, 3.63) is 46.5 Å². The molecule has 3 nitrogen and oxygen atoms in total. The van der Waals surface area contributed by atoms with Crippen LogP contribution >= 0.6 is 11.6 Å². The zero-order valence-corrected chi connectivity index (χ0v) is 9.50. The van der Waals surface area contributed by atoms with E-state index < -0.39 is 0 Å². The lowest BCUT2D eigenvalue weighted by molar-refractivity contribution is 0.617. The van der Waals surface area contributed by atoms with Gasteiger partial charge in [0, 0.05) is 5.69 Å². The third-order valence-electron chi connectivity index (χ3n) is 2.36. The molecule has 0 atom stereocenters. The average Bonchev–Trinajstić information content (AvgIpc) is 2.48. The van der Waals surface area contributed by atoms with Gasteiger partial charge in [0.25, 0.3) is 0 Å². The Morgan fingerprint density at radius 2 is 2.19 bits per heavy atom. The first-order chi connectivity index (χ1) is 7.56. The first-order valence-electron chi connectivity index (χ1n) is 4.79. The Balaban J connectivity index is 2.30. The van der Waals surface area contributed by atoms with E-state index in [1.54, 1.807) is 16.9 Å². The van der Waals surface area contributed by atoms with Crippen LogP contribution < -0.4 is 5.73 Å². The zero-order chi connectivity index (χ0) is 11.7. The van der Waals surface area contributed by atoms with Crippen molar-refractivity contribution < 1.29 is 4.39 Å². The highest BCUT2D eigenvalue weighted by Crippen LogP contribution is 2.16. The lowest BCUT2D eigenvalue weighted by Gasteiger charge is -2.06. The van der Waals surface area contributed by atoms with Gasteiger partial charge in [0.2, 0.25) is 0 Å². The van der Waals surface area contributed by atoms with Gasteiger partial charge in [-0.1, -0.05) is 11.6 Å². The Hall–Kier alpha value is -1.55. The zero-order valence-electron chi connectivity index (χ0n) is 8.74. The Bertz CT molecular complexity index is 502. The van der Waals surface area contributed by atoms with E-state index in [-0.39, 0.29) is 5.82 Å². The fourth-order valence-electron chi connectivity index (χ4n) is 1.52. The summed E-state index contributed by atoms with van der Waals surface area (Å²) in [6.07, 6.45) is 1.57. The molecule has 0 spiro atoms. The number of halogens is 2.